The molecule has 0 aromatic carbocycles. The normalized spacial score (nSPS) is 19.1. The van der Waals surface area contributed by atoms with E-state index in [1.54, 1.807) is 0 Å². The van der Waals surface area contributed by atoms with Gasteiger partial charge in [0.2, 0.25) is 0 Å². The van der Waals surface area contributed by atoms with Gasteiger partial charge >= 0.3 is 0 Å². The Kier molecular flexibility index (Phi) is 5.12. The quantitative estimate of drug-likeness (QED) is 0.845. The summed E-state index contributed by atoms with van der Waals surface area (Å²) in [6, 6.07) is 0.416. The maximum Gasteiger partial charge on any atom is 0.0900 e. The van der Waals surface area contributed by atoms with Crippen LogP contribution in [0.25, 0.3) is 0 Å². The fraction of sp³-hybridized carbons (Fsp3) is 0.769. The van der Waals surface area contributed by atoms with Gasteiger partial charge < -0.3 is 10.6 Å². The molecule has 1 aromatic heterocycles. The third-order valence-electron chi connectivity index (χ3n) is 3.42. The van der Waals surface area contributed by atoms with Gasteiger partial charge in [0, 0.05) is 50.2 Å². The van der Waals surface area contributed by atoms with Crippen molar-refractivity contribution in [2.24, 2.45) is 0 Å². The molecule has 0 saturated carbocycles. The molecule has 1 aliphatic heterocycles. The predicted octanol–water partition coefficient (Wildman–Crippen LogP) is 1.32. The second-order valence-corrected chi connectivity index (χ2v) is 6.18. The summed E-state index contributed by atoms with van der Waals surface area (Å²) in [5, 5.41) is 8.16. The second kappa shape index (κ2) is 6.61. The van der Waals surface area contributed by atoms with Crippen LogP contribution in [0.4, 0.5) is 0 Å². The summed E-state index contributed by atoms with van der Waals surface area (Å²) in [5.74, 6) is 0. The highest BCUT2D eigenvalue weighted by Crippen LogP contribution is 2.24. The summed E-state index contributed by atoms with van der Waals surface area (Å²) in [7, 11) is 0. The van der Waals surface area contributed by atoms with Crippen molar-refractivity contribution < 1.29 is 0 Å². The Balaban J connectivity index is 1.74. The molecule has 0 aliphatic carbocycles. The lowest BCUT2D eigenvalue weighted by atomic mass is 10.2. The molecule has 1 aliphatic rings. The van der Waals surface area contributed by atoms with Crippen LogP contribution in [-0.2, 0) is 0 Å². The first-order chi connectivity index (χ1) is 8.66. The van der Waals surface area contributed by atoms with E-state index in [2.05, 4.69) is 41.3 Å². The molecule has 5 heteroatoms. The summed E-state index contributed by atoms with van der Waals surface area (Å²) >= 11 is 1.81. The molecular formula is C13H24N4S. The van der Waals surface area contributed by atoms with Crippen molar-refractivity contribution >= 4 is 11.3 Å². The molecule has 0 spiro atoms. The van der Waals surface area contributed by atoms with E-state index in [9.17, 15) is 0 Å². The van der Waals surface area contributed by atoms with E-state index in [1.165, 1.54) is 28.7 Å². The van der Waals surface area contributed by atoms with E-state index in [0.717, 1.165) is 26.2 Å². The van der Waals surface area contributed by atoms with E-state index in [-0.39, 0.29) is 0 Å². The Morgan fingerprint density at radius 2 is 2.11 bits per heavy atom. The van der Waals surface area contributed by atoms with Gasteiger partial charge in [0.15, 0.2) is 0 Å². The van der Waals surface area contributed by atoms with Crippen molar-refractivity contribution in [3.63, 3.8) is 0 Å². The Labute approximate surface area is 114 Å². The van der Waals surface area contributed by atoms with Gasteiger partial charge in [-0.15, -0.1) is 11.3 Å². The number of hydrogen-bond acceptors (Lipinski definition) is 5. The van der Waals surface area contributed by atoms with Crippen LogP contribution in [0.5, 0.6) is 0 Å². The minimum Gasteiger partial charge on any atom is -0.314 e. The number of nitrogens with zero attached hydrogens (tertiary/aromatic N) is 2. The van der Waals surface area contributed by atoms with Gasteiger partial charge in [-0.1, -0.05) is 0 Å². The highest BCUT2D eigenvalue weighted by atomic mass is 32.1. The van der Waals surface area contributed by atoms with Crippen molar-refractivity contribution in [1.29, 1.82) is 0 Å². The molecule has 0 amide bonds. The lowest BCUT2D eigenvalue weighted by Crippen LogP contribution is -2.45. The SMILES string of the molecule is Cc1nc(C)c(C(C)NCCN2CCNCC2)s1. The van der Waals surface area contributed by atoms with Crippen molar-refractivity contribution in [3.05, 3.63) is 15.6 Å². The van der Waals surface area contributed by atoms with Crippen molar-refractivity contribution in [3.8, 4) is 0 Å². The number of aromatic nitrogens is 1. The predicted molar refractivity (Wildman–Crippen MR) is 77.3 cm³/mol. The number of thiazole rings is 1. The topological polar surface area (TPSA) is 40.2 Å². The first kappa shape index (κ1) is 13.9. The average molecular weight is 268 g/mol. The molecule has 2 N–H and O–H groups in total. The van der Waals surface area contributed by atoms with Crippen molar-refractivity contribution in [1.82, 2.24) is 20.5 Å². The van der Waals surface area contributed by atoms with Gasteiger partial charge in [-0.2, -0.15) is 0 Å². The largest absolute Gasteiger partial charge is 0.314 e. The Hall–Kier alpha value is -0.490. The van der Waals surface area contributed by atoms with Gasteiger partial charge in [-0.25, -0.2) is 4.98 Å². The molecule has 1 aromatic rings. The van der Waals surface area contributed by atoms with Gasteiger partial charge in [-0.05, 0) is 20.8 Å². The second-order valence-electron chi connectivity index (χ2n) is 4.95. The molecule has 2 rings (SSSR count). The van der Waals surface area contributed by atoms with E-state index < -0.39 is 0 Å². The van der Waals surface area contributed by atoms with Gasteiger partial charge in [0.05, 0.1) is 10.7 Å². The molecule has 1 fully saturated rings. The maximum atomic E-state index is 4.49. The van der Waals surface area contributed by atoms with Crippen molar-refractivity contribution in [2.45, 2.75) is 26.8 Å². The van der Waals surface area contributed by atoms with Crippen LogP contribution < -0.4 is 10.6 Å². The zero-order chi connectivity index (χ0) is 13.0. The third-order valence-corrected chi connectivity index (χ3v) is 4.68. The maximum absolute atomic E-state index is 4.49. The molecular weight excluding hydrogens is 244 g/mol. The fourth-order valence-electron chi connectivity index (χ4n) is 2.42. The monoisotopic (exact) mass is 268 g/mol. The highest BCUT2D eigenvalue weighted by molar-refractivity contribution is 7.11. The minimum absolute atomic E-state index is 0.416. The van der Waals surface area contributed by atoms with E-state index in [1.807, 2.05) is 11.3 Å². The first-order valence-corrected chi connectivity index (χ1v) is 7.59. The summed E-state index contributed by atoms with van der Waals surface area (Å²) in [5.41, 5.74) is 1.18. The minimum atomic E-state index is 0.416. The summed E-state index contributed by atoms with van der Waals surface area (Å²) in [6.45, 7) is 13.2. The van der Waals surface area contributed by atoms with Crippen LogP contribution in [0, 0.1) is 13.8 Å². The number of aryl methyl sites for hydroxylation is 2. The lowest BCUT2D eigenvalue weighted by molar-refractivity contribution is 0.239. The van der Waals surface area contributed by atoms with E-state index in [4.69, 9.17) is 0 Å². The standard InChI is InChI=1S/C13H24N4S/c1-10(13-11(2)16-12(3)18-13)15-6-9-17-7-4-14-5-8-17/h10,14-15H,4-9H2,1-3H3. The molecule has 18 heavy (non-hydrogen) atoms. The molecule has 1 atom stereocenters. The van der Waals surface area contributed by atoms with Crippen molar-refractivity contribution in [2.75, 3.05) is 39.3 Å². The number of piperazine rings is 1. The highest BCUT2D eigenvalue weighted by Gasteiger charge is 2.13. The fourth-order valence-corrected chi connectivity index (χ4v) is 3.37. The average Bonchev–Trinajstić information content (AvgIpc) is 2.70. The third kappa shape index (κ3) is 3.75. The lowest BCUT2D eigenvalue weighted by Gasteiger charge is -2.27. The molecule has 0 bridgehead atoms. The van der Waals surface area contributed by atoms with Crippen LogP contribution in [0.2, 0.25) is 0 Å². The van der Waals surface area contributed by atoms with E-state index >= 15 is 0 Å². The molecule has 1 unspecified atom stereocenters. The zero-order valence-corrected chi connectivity index (χ0v) is 12.4. The number of nitrogens with one attached hydrogen (secondary N) is 2. The van der Waals surface area contributed by atoms with Crippen LogP contribution in [0.1, 0.15) is 28.5 Å². The van der Waals surface area contributed by atoms with Crippen LogP contribution in [0.15, 0.2) is 0 Å². The first-order valence-electron chi connectivity index (χ1n) is 6.77. The summed E-state index contributed by atoms with van der Waals surface area (Å²) < 4.78 is 0. The number of rotatable bonds is 5. The number of hydrogen-bond donors (Lipinski definition) is 2. The summed E-state index contributed by atoms with van der Waals surface area (Å²) in [4.78, 5) is 8.39. The summed E-state index contributed by atoms with van der Waals surface area (Å²) in [6.07, 6.45) is 0. The van der Waals surface area contributed by atoms with Crippen LogP contribution in [-0.4, -0.2) is 49.2 Å². The Morgan fingerprint density at radius 3 is 2.72 bits per heavy atom. The molecule has 1 saturated heterocycles. The zero-order valence-electron chi connectivity index (χ0n) is 11.6. The van der Waals surface area contributed by atoms with Crippen LogP contribution in [0.3, 0.4) is 0 Å². The Morgan fingerprint density at radius 1 is 1.39 bits per heavy atom. The molecule has 102 valence electrons. The van der Waals surface area contributed by atoms with Gasteiger partial charge in [0.25, 0.3) is 0 Å². The molecule has 4 nitrogen and oxygen atoms in total. The molecule has 2 heterocycles. The van der Waals surface area contributed by atoms with Gasteiger partial charge in [0.1, 0.15) is 0 Å². The smallest absolute Gasteiger partial charge is 0.0900 e. The van der Waals surface area contributed by atoms with Crippen LogP contribution >= 0.6 is 11.3 Å². The Bertz CT molecular complexity index is 371. The van der Waals surface area contributed by atoms with Gasteiger partial charge in [-0.3, -0.25) is 4.90 Å². The molecule has 0 radical (unpaired) electrons. The van der Waals surface area contributed by atoms with E-state index in [0.29, 0.717) is 6.04 Å².